The molecule has 100 valence electrons. The number of rotatable bonds is 5. The third-order valence-corrected chi connectivity index (χ3v) is 3.77. The molecule has 0 heterocycles. The number of hydrogen-bond donors (Lipinski definition) is 2. The summed E-state index contributed by atoms with van der Waals surface area (Å²) in [5.41, 5.74) is 4.42. The minimum atomic E-state index is -0.0335. The molecule has 0 unspecified atom stereocenters. The number of nitrogens with one attached hydrogen (secondary N) is 1. The number of fused-ring (bicyclic) bond motifs is 1. The molecule has 2 N–H and O–H groups in total. The van der Waals surface area contributed by atoms with Crippen LogP contribution in [0.1, 0.15) is 43.4 Å². The van der Waals surface area contributed by atoms with Gasteiger partial charge in [0.05, 0.1) is 0 Å². The maximum atomic E-state index is 9.21. The van der Waals surface area contributed by atoms with Crippen LogP contribution in [0.4, 0.5) is 0 Å². The molecule has 1 aromatic rings. The molecule has 2 heteroatoms. The van der Waals surface area contributed by atoms with Gasteiger partial charge in [-0.15, -0.1) is 0 Å². The molecule has 0 amide bonds. The van der Waals surface area contributed by atoms with Gasteiger partial charge in [0.1, 0.15) is 0 Å². The van der Waals surface area contributed by atoms with E-state index < -0.39 is 0 Å². The molecule has 0 atom stereocenters. The Bertz CT molecular complexity index is 398. The Balaban J connectivity index is 1.90. The first-order chi connectivity index (χ1) is 8.61. The van der Waals surface area contributed by atoms with E-state index >= 15 is 0 Å². The summed E-state index contributed by atoms with van der Waals surface area (Å²) >= 11 is 0. The van der Waals surface area contributed by atoms with Crippen LogP contribution in [0.5, 0.6) is 0 Å². The van der Waals surface area contributed by atoms with E-state index in [2.05, 4.69) is 37.4 Å². The summed E-state index contributed by atoms with van der Waals surface area (Å²) in [4.78, 5) is 0. The van der Waals surface area contributed by atoms with Gasteiger partial charge < -0.3 is 10.4 Å². The molecule has 0 aliphatic heterocycles. The standard InChI is InChI=1S/C16H25NO/c1-16(2,12-18)11-17-10-13-7-8-14-5-3-4-6-15(14)9-13/h7-9,17-18H,3-6,10-12H2,1-2H3. The summed E-state index contributed by atoms with van der Waals surface area (Å²) in [6, 6.07) is 6.89. The van der Waals surface area contributed by atoms with Crippen molar-refractivity contribution in [1.82, 2.24) is 5.32 Å². The van der Waals surface area contributed by atoms with Crippen LogP contribution in [0, 0.1) is 5.41 Å². The van der Waals surface area contributed by atoms with E-state index in [0.29, 0.717) is 0 Å². The summed E-state index contributed by atoms with van der Waals surface area (Å²) < 4.78 is 0. The third kappa shape index (κ3) is 3.56. The van der Waals surface area contributed by atoms with Gasteiger partial charge in [-0.05, 0) is 42.4 Å². The van der Waals surface area contributed by atoms with Crippen LogP contribution < -0.4 is 5.32 Å². The number of hydrogen-bond acceptors (Lipinski definition) is 2. The lowest BCUT2D eigenvalue weighted by atomic mass is 9.90. The molecular formula is C16H25NO. The minimum absolute atomic E-state index is 0.0335. The van der Waals surface area contributed by atoms with Gasteiger partial charge in [-0.25, -0.2) is 0 Å². The van der Waals surface area contributed by atoms with Crippen molar-refractivity contribution in [3.8, 4) is 0 Å². The highest BCUT2D eigenvalue weighted by atomic mass is 16.3. The van der Waals surface area contributed by atoms with Crippen molar-refractivity contribution < 1.29 is 5.11 Å². The van der Waals surface area contributed by atoms with Gasteiger partial charge in [0.2, 0.25) is 0 Å². The van der Waals surface area contributed by atoms with Crippen molar-refractivity contribution in [2.45, 2.75) is 46.1 Å². The zero-order chi connectivity index (χ0) is 13.0. The minimum Gasteiger partial charge on any atom is -0.396 e. The normalized spacial score (nSPS) is 15.5. The van der Waals surface area contributed by atoms with Gasteiger partial charge in [0.25, 0.3) is 0 Å². The Labute approximate surface area is 110 Å². The molecule has 0 bridgehead atoms. The van der Waals surface area contributed by atoms with Crippen LogP contribution in [0.3, 0.4) is 0 Å². The summed E-state index contributed by atoms with van der Waals surface area (Å²) in [7, 11) is 0. The summed E-state index contributed by atoms with van der Waals surface area (Å²) in [6.07, 6.45) is 5.17. The maximum absolute atomic E-state index is 9.21. The van der Waals surface area contributed by atoms with Crippen LogP contribution in [0.2, 0.25) is 0 Å². The molecule has 0 radical (unpaired) electrons. The van der Waals surface area contributed by atoms with Crippen LogP contribution in [-0.2, 0) is 19.4 Å². The van der Waals surface area contributed by atoms with Crippen molar-refractivity contribution in [2.75, 3.05) is 13.2 Å². The SMILES string of the molecule is CC(C)(CO)CNCc1ccc2c(c1)CCCC2. The smallest absolute Gasteiger partial charge is 0.0494 e. The van der Waals surface area contributed by atoms with E-state index in [1.807, 2.05) is 0 Å². The van der Waals surface area contributed by atoms with E-state index in [4.69, 9.17) is 0 Å². The fourth-order valence-electron chi connectivity index (χ4n) is 2.50. The zero-order valence-electron chi connectivity index (χ0n) is 11.6. The molecule has 0 saturated heterocycles. The molecule has 2 rings (SSSR count). The fraction of sp³-hybridized carbons (Fsp3) is 0.625. The van der Waals surface area contributed by atoms with Gasteiger partial charge in [-0.3, -0.25) is 0 Å². The van der Waals surface area contributed by atoms with Crippen molar-refractivity contribution in [2.24, 2.45) is 5.41 Å². The Morgan fingerprint density at radius 1 is 1.17 bits per heavy atom. The molecule has 1 aromatic carbocycles. The average Bonchev–Trinajstić information content (AvgIpc) is 2.38. The van der Waals surface area contributed by atoms with Crippen LogP contribution >= 0.6 is 0 Å². The second kappa shape index (κ2) is 5.85. The summed E-state index contributed by atoms with van der Waals surface area (Å²) in [6.45, 7) is 6.13. The molecule has 1 aliphatic rings. The molecule has 2 nitrogen and oxygen atoms in total. The number of aliphatic hydroxyl groups is 1. The first kappa shape index (κ1) is 13.6. The number of aryl methyl sites for hydroxylation is 2. The quantitative estimate of drug-likeness (QED) is 0.838. The second-order valence-corrected chi connectivity index (χ2v) is 6.24. The van der Waals surface area contributed by atoms with E-state index in [1.54, 1.807) is 11.1 Å². The van der Waals surface area contributed by atoms with Gasteiger partial charge in [0.15, 0.2) is 0 Å². The van der Waals surface area contributed by atoms with E-state index in [1.165, 1.54) is 31.2 Å². The molecule has 0 aromatic heterocycles. The molecular weight excluding hydrogens is 222 g/mol. The van der Waals surface area contributed by atoms with Gasteiger partial charge >= 0.3 is 0 Å². The third-order valence-electron chi connectivity index (χ3n) is 3.77. The summed E-state index contributed by atoms with van der Waals surface area (Å²) in [5.74, 6) is 0. The highest BCUT2D eigenvalue weighted by Crippen LogP contribution is 2.22. The Hall–Kier alpha value is -0.860. The molecule has 1 aliphatic carbocycles. The zero-order valence-corrected chi connectivity index (χ0v) is 11.6. The number of aliphatic hydroxyl groups excluding tert-OH is 1. The van der Waals surface area contributed by atoms with Crippen LogP contribution in [0.25, 0.3) is 0 Å². The lowest BCUT2D eigenvalue weighted by Crippen LogP contribution is -2.31. The second-order valence-electron chi connectivity index (χ2n) is 6.24. The van der Waals surface area contributed by atoms with Gasteiger partial charge in [-0.1, -0.05) is 32.0 Å². The van der Waals surface area contributed by atoms with E-state index in [9.17, 15) is 5.11 Å². The Morgan fingerprint density at radius 3 is 2.61 bits per heavy atom. The first-order valence-electron chi connectivity index (χ1n) is 7.03. The average molecular weight is 247 g/mol. The lowest BCUT2D eigenvalue weighted by Gasteiger charge is -2.22. The van der Waals surface area contributed by atoms with Crippen LogP contribution in [0.15, 0.2) is 18.2 Å². The molecule has 0 saturated carbocycles. The molecule has 0 fully saturated rings. The van der Waals surface area contributed by atoms with E-state index in [-0.39, 0.29) is 12.0 Å². The monoisotopic (exact) mass is 247 g/mol. The molecule has 0 spiro atoms. The van der Waals surface area contributed by atoms with Crippen molar-refractivity contribution >= 4 is 0 Å². The largest absolute Gasteiger partial charge is 0.396 e. The first-order valence-corrected chi connectivity index (χ1v) is 7.03. The highest BCUT2D eigenvalue weighted by molar-refractivity contribution is 5.33. The Morgan fingerprint density at radius 2 is 1.89 bits per heavy atom. The fourth-order valence-corrected chi connectivity index (χ4v) is 2.50. The lowest BCUT2D eigenvalue weighted by molar-refractivity contribution is 0.156. The van der Waals surface area contributed by atoms with Crippen molar-refractivity contribution in [3.05, 3.63) is 34.9 Å². The van der Waals surface area contributed by atoms with Gasteiger partial charge in [-0.2, -0.15) is 0 Å². The topological polar surface area (TPSA) is 32.3 Å². The summed E-state index contributed by atoms with van der Waals surface area (Å²) in [5, 5.41) is 12.6. The predicted molar refractivity (Wildman–Crippen MR) is 75.7 cm³/mol. The maximum Gasteiger partial charge on any atom is 0.0494 e. The predicted octanol–water partition coefficient (Wildman–Crippen LogP) is 2.67. The van der Waals surface area contributed by atoms with Crippen molar-refractivity contribution in [1.29, 1.82) is 0 Å². The van der Waals surface area contributed by atoms with Gasteiger partial charge in [0, 0.05) is 25.1 Å². The van der Waals surface area contributed by atoms with Crippen molar-refractivity contribution in [3.63, 3.8) is 0 Å². The van der Waals surface area contributed by atoms with E-state index in [0.717, 1.165) is 13.1 Å². The highest BCUT2D eigenvalue weighted by Gasteiger charge is 2.15. The number of benzene rings is 1. The molecule has 18 heavy (non-hydrogen) atoms. The van der Waals surface area contributed by atoms with Crippen LogP contribution in [-0.4, -0.2) is 18.3 Å². The Kier molecular flexibility index (Phi) is 4.41.